The van der Waals surface area contributed by atoms with Crippen LogP contribution in [0.15, 0.2) is 11.7 Å². The van der Waals surface area contributed by atoms with Crippen molar-refractivity contribution in [2.24, 2.45) is 5.92 Å². The molecule has 1 aromatic heterocycles. The highest BCUT2D eigenvalue weighted by atomic mass is 32.1. The van der Waals surface area contributed by atoms with E-state index in [0.29, 0.717) is 6.54 Å². The fraction of sp³-hybridized carbons (Fsp3) is 0.600. The van der Waals surface area contributed by atoms with Crippen molar-refractivity contribution >= 4 is 17.3 Å². The molecule has 0 amide bonds. The van der Waals surface area contributed by atoms with Crippen LogP contribution in [0.25, 0.3) is 0 Å². The van der Waals surface area contributed by atoms with Gasteiger partial charge >= 0.3 is 5.97 Å². The van der Waals surface area contributed by atoms with Gasteiger partial charge in [0.1, 0.15) is 0 Å². The lowest BCUT2D eigenvalue weighted by Gasteiger charge is -2.29. The van der Waals surface area contributed by atoms with Gasteiger partial charge in [-0.05, 0) is 19.4 Å². The summed E-state index contributed by atoms with van der Waals surface area (Å²) in [6.07, 6.45) is 3.65. The highest BCUT2D eigenvalue weighted by Crippen LogP contribution is 2.19. The first kappa shape index (κ1) is 10.6. The van der Waals surface area contributed by atoms with E-state index in [0.717, 1.165) is 25.9 Å². The zero-order chi connectivity index (χ0) is 10.7. The molecule has 0 saturated carbocycles. The Morgan fingerprint density at radius 1 is 1.73 bits per heavy atom. The van der Waals surface area contributed by atoms with E-state index in [9.17, 15) is 4.79 Å². The van der Waals surface area contributed by atoms with E-state index in [1.807, 2.05) is 11.7 Å². The predicted molar refractivity (Wildman–Crippen MR) is 57.8 cm³/mol. The molecule has 0 aliphatic carbocycles. The minimum Gasteiger partial charge on any atom is -0.481 e. The molecule has 15 heavy (non-hydrogen) atoms. The van der Waals surface area contributed by atoms with E-state index in [4.69, 9.17) is 5.11 Å². The van der Waals surface area contributed by atoms with Crippen molar-refractivity contribution in [1.29, 1.82) is 0 Å². The molecule has 1 fully saturated rings. The van der Waals surface area contributed by atoms with Gasteiger partial charge in [-0.3, -0.25) is 14.7 Å². The summed E-state index contributed by atoms with van der Waals surface area (Å²) >= 11 is 1.63. The number of nitrogens with zero attached hydrogens (tertiary/aromatic N) is 2. The Hall–Kier alpha value is -0.940. The molecule has 5 heteroatoms. The van der Waals surface area contributed by atoms with Gasteiger partial charge in [-0.1, -0.05) is 0 Å². The fourth-order valence-corrected chi connectivity index (χ4v) is 2.58. The summed E-state index contributed by atoms with van der Waals surface area (Å²) in [5, 5.41) is 8.95. The van der Waals surface area contributed by atoms with Gasteiger partial charge in [0.25, 0.3) is 0 Å². The van der Waals surface area contributed by atoms with Gasteiger partial charge in [0.2, 0.25) is 0 Å². The van der Waals surface area contributed by atoms with Gasteiger partial charge in [-0.2, -0.15) is 0 Å². The molecule has 0 radical (unpaired) electrons. The Morgan fingerprint density at radius 2 is 2.60 bits per heavy atom. The molecule has 1 saturated heterocycles. The Kier molecular flexibility index (Phi) is 3.33. The summed E-state index contributed by atoms with van der Waals surface area (Å²) in [4.78, 5) is 18.3. The van der Waals surface area contributed by atoms with Crippen LogP contribution in [0.3, 0.4) is 0 Å². The second-order valence-corrected chi connectivity index (χ2v) is 4.85. The number of likely N-dealkylation sites (tertiary alicyclic amines) is 1. The molecule has 0 spiro atoms. The van der Waals surface area contributed by atoms with E-state index in [-0.39, 0.29) is 5.92 Å². The fourth-order valence-electron chi connectivity index (χ4n) is 1.94. The van der Waals surface area contributed by atoms with Crippen LogP contribution in [0.1, 0.15) is 17.7 Å². The van der Waals surface area contributed by atoms with Gasteiger partial charge < -0.3 is 5.11 Å². The molecule has 1 unspecified atom stereocenters. The van der Waals surface area contributed by atoms with Crippen molar-refractivity contribution in [2.45, 2.75) is 19.4 Å². The molecule has 1 aliphatic heterocycles. The molecule has 0 bridgehead atoms. The predicted octanol–water partition coefficient (Wildman–Crippen LogP) is 1.44. The minimum absolute atomic E-state index is 0.188. The summed E-state index contributed by atoms with van der Waals surface area (Å²) in [7, 11) is 0. The second kappa shape index (κ2) is 4.72. The van der Waals surface area contributed by atoms with Crippen molar-refractivity contribution in [3.8, 4) is 0 Å². The molecule has 2 rings (SSSR count). The highest BCUT2D eigenvalue weighted by Gasteiger charge is 2.25. The number of hydrogen-bond donors (Lipinski definition) is 1. The third-order valence-electron chi connectivity index (χ3n) is 2.72. The average Bonchev–Trinajstić information content (AvgIpc) is 2.71. The summed E-state index contributed by atoms with van der Waals surface area (Å²) in [6.45, 7) is 2.52. The maximum atomic E-state index is 10.9. The molecule has 82 valence electrons. The Balaban J connectivity index is 1.90. The quantitative estimate of drug-likeness (QED) is 0.847. The van der Waals surface area contributed by atoms with Gasteiger partial charge in [0.05, 0.1) is 11.4 Å². The largest absolute Gasteiger partial charge is 0.481 e. The monoisotopic (exact) mass is 226 g/mol. The Bertz CT molecular complexity index is 326. The number of hydrogen-bond acceptors (Lipinski definition) is 4. The zero-order valence-corrected chi connectivity index (χ0v) is 9.24. The highest BCUT2D eigenvalue weighted by molar-refractivity contribution is 7.09. The number of carboxylic acids is 1. The van der Waals surface area contributed by atoms with Crippen molar-refractivity contribution in [3.05, 3.63) is 16.6 Å². The lowest BCUT2D eigenvalue weighted by atomic mass is 9.98. The lowest BCUT2D eigenvalue weighted by molar-refractivity contribution is -0.143. The van der Waals surface area contributed by atoms with Crippen LogP contribution in [0, 0.1) is 5.92 Å². The molecule has 1 N–H and O–H groups in total. The third kappa shape index (κ3) is 2.76. The zero-order valence-electron chi connectivity index (χ0n) is 8.43. The Morgan fingerprint density at radius 3 is 3.27 bits per heavy atom. The number of thiazole rings is 1. The molecular weight excluding hydrogens is 212 g/mol. The first-order chi connectivity index (χ1) is 7.25. The Labute approximate surface area is 92.6 Å². The van der Waals surface area contributed by atoms with E-state index >= 15 is 0 Å². The molecule has 1 atom stereocenters. The van der Waals surface area contributed by atoms with Crippen LogP contribution in [-0.2, 0) is 11.3 Å². The SMILES string of the molecule is O=C(O)C1CCCN(Cc2cncs2)C1. The van der Waals surface area contributed by atoms with E-state index in [1.165, 1.54) is 4.88 Å². The summed E-state index contributed by atoms with van der Waals surface area (Å²) in [5.41, 5.74) is 1.81. The first-order valence-corrected chi connectivity index (χ1v) is 5.96. The lowest BCUT2D eigenvalue weighted by Crippen LogP contribution is -2.37. The van der Waals surface area contributed by atoms with Crippen LogP contribution in [0.2, 0.25) is 0 Å². The van der Waals surface area contributed by atoms with Crippen molar-refractivity contribution in [3.63, 3.8) is 0 Å². The van der Waals surface area contributed by atoms with Gasteiger partial charge in [-0.25, -0.2) is 0 Å². The summed E-state index contributed by atoms with van der Waals surface area (Å²) < 4.78 is 0. The molecule has 2 heterocycles. The van der Waals surface area contributed by atoms with Gasteiger partial charge in [0.15, 0.2) is 0 Å². The van der Waals surface area contributed by atoms with Crippen molar-refractivity contribution in [2.75, 3.05) is 13.1 Å². The number of carboxylic acid groups (broad SMARTS) is 1. The van der Waals surface area contributed by atoms with Crippen molar-refractivity contribution in [1.82, 2.24) is 9.88 Å². The second-order valence-electron chi connectivity index (χ2n) is 3.88. The van der Waals surface area contributed by atoms with Gasteiger partial charge in [0, 0.05) is 24.2 Å². The summed E-state index contributed by atoms with van der Waals surface area (Å²) in [6, 6.07) is 0. The molecule has 1 aromatic rings. The maximum Gasteiger partial charge on any atom is 0.307 e. The average molecular weight is 226 g/mol. The smallest absolute Gasteiger partial charge is 0.307 e. The van der Waals surface area contributed by atoms with E-state index in [2.05, 4.69) is 9.88 Å². The van der Waals surface area contributed by atoms with Crippen LogP contribution < -0.4 is 0 Å². The third-order valence-corrected chi connectivity index (χ3v) is 3.48. The maximum absolute atomic E-state index is 10.9. The summed E-state index contributed by atoms with van der Waals surface area (Å²) in [5.74, 6) is -0.851. The number of piperidine rings is 1. The van der Waals surface area contributed by atoms with Crippen LogP contribution >= 0.6 is 11.3 Å². The van der Waals surface area contributed by atoms with Crippen LogP contribution in [-0.4, -0.2) is 34.0 Å². The van der Waals surface area contributed by atoms with Crippen LogP contribution in [0.5, 0.6) is 0 Å². The molecule has 4 nitrogen and oxygen atoms in total. The standard InChI is InChI=1S/C10H14N2O2S/c13-10(14)8-2-1-3-12(5-8)6-9-4-11-7-15-9/h4,7-8H,1-3,5-6H2,(H,13,14). The number of rotatable bonds is 3. The molecule has 0 aromatic carbocycles. The number of aromatic nitrogens is 1. The van der Waals surface area contributed by atoms with Crippen molar-refractivity contribution < 1.29 is 9.90 Å². The van der Waals surface area contributed by atoms with E-state index in [1.54, 1.807) is 11.3 Å². The molecule has 1 aliphatic rings. The number of carbonyl (C=O) groups is 1. The number of aliphatic carboxylic acids is 1. The van der Waals surface area contributed by atoms with Gasteiger partial charge in [-0.15, -0.1) is 11.3 Å². The topological polar surface area (TPSA) is 53.4 Å². The first-order valence-electron chi connectivity index (χ1n) is 5.08. The van der Waals surface area contributed by atoms with E-state index < -0.39 is 5.97 Å². The normalized spacial score (nSPS) is 22.8. The van der Waals surface area contributed by atoms with Crippen LogP contribution in [0.4, 0.5) is 0 Å². The molecular formula is C10H14N2O2S. The minimum atomic E-state index is -0.663.